The topological polar surface area (TPSA) is 81.8 Å². The molecule has 3 aromatic rings. The number of hydrogen-bond acceptors (Lipinski definition) is 8. The molecule has 0 atom stereocenters. The number of ether oxygens (including phenoxy) is 1. The molecule has 2 aromatic carbocycles. The Morgan fingerprint density at radius 1 is 1.02 bits per heavy atom. The van der Waals surface area contributed by atoms with Gasteiger partial charge in [-0.3, -0.25) is 24.0 Å². The molecular weight excluding hydrogens is 579 g/mol. The van der Waals surface area contributed by atoms with Crippen LogP contribution in [0, 0.1) is 18.3 Å². The van der Waals surface area contributed by atoms with E-state index in [2.05, 4.69) is 40.1 Å². The molecule has 0 bridgehead atoms. The number of pyridine rings is 1. The van der Waals surface area contributed by atoms with Crippen LogP contribution >= 0.6 is 24.0 Å². The van der Waals surface area contributed by atoms with Gasteiger partial charge in [-0.15, -0.1) is 0 Å². The van der Waals surface area contributed by atoms with Crippen LogP contribution in [0.15, 0.2) is 64.3 Å². The molecule has 2 fully saturated rings. The number of aromatic nitrogens is 1. The molecule has 222 valence electrons. The first-order chi connectivity index (χ1) is 20.8. The first-order valence-corrected chi connectivity index (χ1v) is 15.6. The van der Waals surface area contributed by atoms with E-state index in [9.17, 15) is 14.9 Å². The van der Waals surface area contributed by atoms with E-state index < -0.39 is 0 Å². The molecule has 2 aliphatic heterocycles. The lowest BCUT2D eigenvalue weighted by Crippen LogP contribution is -2.48. The van der Waals surface area contributed by atoms with Gasteiger partial charge in [-0.05, 0) is 55.2 Å². The summed E-state index contributed by atoms with van der Waals surface area (Å²) in [5.74, 6) is 1.38. The quantitative estimate of drug-likeness (QED) is 0.251. The maximum absolute atomic E-state index is 13.6. The van der Waals surface area contributed by atoms with Crippen LogP contribution in [0.2, 0.25) is 0 Å². The van der Waals surface area contributed by atoms with Crippen molar-refractivity contribution in [2.75, 3.05) is 44.7 Å². The van der Waals surface area contributed by atoms with E-state index in [1.54, 1.807) is 23.5 Å². The third-order valence-electron chi connectivity index (χ3n) is 8.02. The highest BCUT2D eigenvalue weighted by atomic mass is 32.2. The molecule has 43 heavy (non-hydrogen) atoms. The molecule has 10 heteroatoms. The predicted molar refractivity (Wildman–Crippen MR) is 176 cm³/mol. The third-order valence-corrected chi connectivity index (χ3v) is 9.39. The molecule has 8 nitrogen and oxygen atoms in total. The highest BCUT2D eigenvalue weighted by molar-refractivity contribution is 8.26. The Labute approximate surface area is 262 Å². The number of thioether (sulfide) groups is 1. The fourth-order valence-corrected chi connectivity index (χ4v) is 6.88. The lowest BCUT2D eigenvalue weighted by Gasteiger charge is -2.38. The Balaban J connectivity index is 1.42. The van der Waals surface area contributed by atoms with Gasteiger partial charge in [0.15, 0.2) is 0 Å². The summed E-state index contributed by atoms with van der Waals surface area (Å²) in [7, 11) is 1.63. The summed E-state index contributed by atoms with van der Waals surface area (Å²) in [6, 6.07) is 20.3. The second-order valence-corrected chi connectivity index (χ2v) is 12.3. The van der Waals surface area contributed by atoms with Gasteiger partial charge in [0.05, 0.1) is 12.0 Å². The van der Waals surface area contributed by atoms with Crippen molar-refractivity contribution in [1.82, 2.24) is 14.4 Å². The average Bonchev–Trinajstić information content (AvgIpc) is 3.29. The zero-order valence-electron chi connectivity index (χ0n) is 24.7. The summed E-state index contributed by atoms with van der Waals surface area (Å²) < 4.78 is 7.42. The molecule has 0 unspecified atom stereocenters. The first kappa shape index (κ1) is 30.5. The van der Waals surface area contributed by atoms with Crippen LogP contribution in [0.4, 0.5) is 5.82 Å². The largest absolute Gasteiger partial charge is 0.497 e. The van der Waals surface area contributed by atoms with Gasteiger partial charge in [0, 0.05) is 51.4 Å². The van der Waals surface area contributed by atoms with Gasteiger partial charge in [0.1, 0.15) is 27.5 Å². The Kier molecular flexibility index (Phi) is 9.65. The number of nitriles is 1. The number of benzene rings is 2. The SMILES string of the molecule is CCn1c(N2CCN(Cc3ccccc3)CC2)c(C=C2SC(=S)N(CCc3ccc(OC)cc3)C2=O)c(C)c(C#N)c1=O. The number of amides is 1. The number of methoxy groups -OCH3 is 1. The zero-order valence-corrected chi connectivity index (χ0v) is 26.3. The van der Waals surface area contributed by atoms with Gasteiger partial charge in [0.2, 0.25) is 0 Å². The lowest BCUT2D eigenvalue weighted by atomic mass is 10.0. The Bertz CT molecular complexity index is 1640. The molecule has 1 aromatic heterocycles. The maximum Gasteiger partial charge on any atom is 0.270 e. The number of anilines is 1. The smallest absolute Gasteiger partial charge is 0.270 e. The number of nitrogens with zero attached hydrogens (tertiary/aromatic N) is 5. The number of carbonyl (C=O) groups is 1. The molecule has 0 spiro atoms. The van der Waals surface area contributed by atoms with Gasteiger partial charge >= 0.3 is 0 Å². The van der Waals surface area contributed by atoms with Crippen molar-refractivity contribution in [3.63, 3.8) is 0 Å². The fourth-order valence-electron chi connectivity index (χ4n) is 5.59. The van der Waals surface area contributed by atoms with E-state index in [0.29, 0.717) is 34.3 Å². The second-order valence-electron chi connectivity index (χ2n) is 10.6. The van der Waals surface area contributed by atoms with Crippen molar-refractivity contribution >= 4 is 46.1 Å². The van der Waals surface area contributed by atoms with Crippen LogP contribution in [0.25, 0.3) is 6.08 Å². The molecule has 2 aliphatic rings. The standard InChI is InChI=1S/C33H35N5O3S2/c1-4-37-30(36-18-16-35(17-19-36)22-25-8-6-5-7-9-25)27(23(2)28(21-34)31(37)39)20-29-32(40)38(33(42)43-29)15-14-24-10-12-26(41-3)13-11-24/h5-13,20H,4,14-19,22H2,1-3H3. The summed E-state index contributed by atoms with van der Waals surface area (Å²) in [5, 5.41) is 9.91. The first-order valence-electron chi connectivity index (χ1n) is 14.4. The maximum atomic E-state index is 13.6. The van der Waals surface area contributed by atoms with Crippen molar-refractivity contribution in [3.8, 4) is 11.8 Å². The van der Waals surface area contributed by atoms with Crippen molar-refractivity contribution in [3.05, 3.63) is 97.7 Å². The van der Waals surface area contributed by atoms with Crippen LogP contribution in [-0.2, 0) is 24.3 Å². The van der Waals surface area contributed by atoms with Crippen LogP contribution < -0.4 is 15.2 Å². The molecule has 3 heterocycles. The molecule has 2 saturated heterocycles. The molecule has 5 rings (SSSR count). The van der Waals surface area contributed by atoms with Crippen molar-refractivity contribution in [1.29, 1.82) is 5.26 Å². The van der Waals surface area contributed by atoms with Crippen LogP contribution in [0.3, 0.4) is 0 Å². The predicted octanol–water partition coefficient (Wildman–Crippen LogP) is 4.82. The number of rotatable bonds is 9. The lowest BCUT2D eigenvalue weighted by molar-refractivity contribution is -0.122. The Hall–Kier alpha value is -3.91. The average molecular weight is 614 g/mol. The van der Waals surface area contributed by atoms with Crippen molar-refractivity contribution in [2.24, 2.45) is 0 Å². The zero-order chi connectivity index (χ0) is 30.5. The Morgan fingerprint density at radius 3 is 2.35 bits per heavy atom. The molecule has 0 radical (unpaired) electrons. The number of hydrogen-bond donors (Lipinski definition) is 0. The van der Waals surface area contributed by atoms with Crippen molar-refractivity contribution < 1.29 is 9.53 Å². The minimum atomic E-state index is -0.298. The van der Waals surface area contributed by atoms with Crippen molar-refractivity contribution in [2.45, 2.75) is 33.4 Å². The Morgan fingerprint density at radius 2 is 1.72 bits per heavy atom. The van der Waals surface area contributed by atoms with E-state index >= 15 is 0 Å². The van der Waals surface area contributed by atoms with Gasteiger partial charge < -0.3 is 9.64 Å². The number of thiocarbonyl (C=S) groups is 1. The van der Waals surface area contributed by atoms with Gasteiger partial charge in [-0.25, -0.2) is 0 Å². The monoisotopic (exact) mass is 613 g/mol. The highest BCUT2D eigenvalue weighted by Gasteiger charge is 2.33. The normalized spacial score (nSPS) is 16.7. The number of carbonyl (C=O) groups excluding carboxylic acids is 1. The third kappa shape index (κ3) is 6.54. The van der Waals surface area contributed by atoms with E-state index in [4.69, 9.17) is 17.0 Å². The molecule has 0 aliphatic carbocycles. The highest BCUT2D eigenvalue weighted by Crippen LogP contribution is 2.36. The molecule has 0 saturated carbocycles. The van der Waals surface area contributed by atoms with Gasteiger partial charge in [-0.1, -0.05) is 66.4 Å². The van der Waals surface area contributed by atoms with Gasteiger partial charge in [-0.2, -0.15) is 5.26 Å². The van der Waals surface area contributed by atoms with E-state index in [-0.39, 0.29) is 17.0 Å². The van der Waals surface area contributed by atoms with E-state index in [1.165, 1.54) is 17.3 Å². The number of piperazine rings is 1. The van der Waals surface area contributed by atoms with Crippen LogP contribution in [-0.4, -0.2) is 64.4 Å². The van der Waals surface area contributed by atoms with E-state index in [1.807, 2.05) is 43.3 Å². The summed E-state index contributed by atoms with van der Waals surface area (Å²) in [6.07, 6.45) is 2.49. The summed E-state index contributed by atoms with van der Waals surface area (Å²) in [5.41, 5.74) is 3.47. The minimum Gasteiger partial charge on any atom is -0.497 e. The minimum absolute atomic E-state index is 0.106. The second kappa shape index (κ2) is 13.6. The fraction of sp³-hybridized carbons (Fsp3) is 0.333. The summed E-state index contributed by atoms with van der Waals surface area (Å²) in [6.45, 7) is 8.56. The molecule has 0 N–H and O–H groups in total. The summed E-state index contributed by atoms with van der Waals surface area (Å²) in [4.78, 5) is 33.8. The summed E-state index contributed by atoms with van der Waals surface area (Å²) >= 11 is 6.89. The molecule has 1 amide bonds. The van der Waals surface area contributed by atoms with Crippen LogP contribution in [0.1, 0.15) is 34.7 Å². The van der Waals surface area contributed by atoms with Crippen LogP contribution in [0.5, 0.6) is 5.75 Å². The van der Waals surface area contributed by atoms with Gasteiger partial charge in [0.25, 0.3) is 11.5 Å². The molecular formula is C33H35N5O3S2. The van der Waals surface area contributed by atoms with E-state index in [0.717, 1.165) is 55.4 Å².